The van der Waals surface area contributed by atoms with Gasteiger partial charge in [0.2, 0.25) is 0 Å². The second-order valence-electron chi connectivity index (χ2n) is 5.40. The SMILES string of the molecule is CN(Cc1cnc2ccccn12)Cc1cccc2ncnn12. The molecule has 0 aromatic carbocycles. The summed E-state index contributed by atoms with van der Waals surface area (Å²) in [5.74, 6) is 0. The number of fused-ring (bicyclic) bond motifs is 2. The highest BCUT2D eigenvalue weighted by Gasteiger charge is 2.09. The average Bonchev–Trinajstić information content (AvgIpc) is 3.15. The molecule has 0 bridgehead atoms. The normalized spacial score (nSPS) is 11.7. The van der Waals surface area contributed by atoms with Gasteiger partial charge in [-0.2, -0.15) is 5.10 Å². The van der Waals surface area contributed by atoms with E-state index in [0.717, 1.165) is 30.1 Å². The van der Waals surface area contributed by atoms with E-state index in [2.05, 4.69) is 37.5 Å². The molecule has 6 heteroatoms. The summed E-state index contributed by atoms with van der Waals surface area (Å²) in [6.07, 6.45) is 5.56. The van der Waals surface area contributed by atoms with Crippen LogP contribution in [0.2, 0.25) is 0 Å². The van der Waals surface area contributed by atoms with E-state index in [9.17, 15) is 0 Å². The fraction of sp³-hybridized carbons (Fsp3) is 0.188. The molecule has 22 heavy (non-hydrogen) atoms. The molecule has 0 fully saturated rings. The fourth-order valence-corrected chi connectivity index (χ4v) is 2.73. The minimum absolute atomic E-state index is 0.792. The average molecular weight is 292 g/mol. The molecule has 0 aliphatic heterocycles. The third-order valence-electron chi connectivity index (χ3n) is 3.74. The van der Waals surface area contributed by atoms with Gasteiger partial charge in [-0.25, -0.2) is 14.5 Å². The van der Waals surface area contributed by atoms with Gasteiger partial charge in [-0.3, -0.25) is 4.90 Å². The van der Waals surface area contributed by atoms with Crippen molar-refractivity contribution in [2.24, 2.45) is 0 Å². The number of imidazole rings is 1. The van der Waals surface area contributed by atoms with Crippen LogP contribution in [0.3, 0.4) is 0 Å². The summed E-state index contributed by atoms with van der Waals surface area (Å²) in [6, 6.07) is 12.1. The molecule has 6 nitrogen and oxygen atoms in total. The van der Waals surface area contributed by atoms with Gasteiger partial charge in [-0.05, 0) is 31.3 Å². The number of hydrogen-bond donors (Lipinski definition) is 0. The molecule has 0 aliphatic carbocycles. The lowest BCUT2D eigenvalue weighted by Gasteiger charge is -2.16. The lowest BCUT2D eigenvalue weighted by atomic mass is 10.3. The van der Waals surface area contributed by atoms with Gasteiger partial charge in [0.25, 0.3) is 0 Å². The zero-order chi connectivity index (χ0) is 14.9. The topological polar surface area (TPSA) is 50.7 Å². The number of aromatic nitrogens is 5. The molecule has 4 aromatic heterocycles. The number of nitrogens with zero attached hydrogens (tertiary/aromatic N) is 6. The van der Waals surface area contributed by atoms with E-state index in [1.807, 2.05) is 47.2 Å². The minimum atomic E-state index is 0.792. The van der Waals surface area contributed by atoms with Crippen molar-refractivity contribution in [3.05, 3.63) is 66.5 Å². The van der Waals surface area contributed by atoms with Crippen molar-refractivity contribution in [1.29, 1.82) is 0 Å². The number of hydrogen-bond acceptors (Lipinski definition) is 4. The monoisotopic (exact) mass is 292 g/mol. The summed E-state index contributed by atoms with van der Waals surface area (Å²) in [7, 11) is 2.10. The molecular weight excluding hydrogens is 276 g/mol. The molecular formula is C16H16N6. The highest BCUT2D eigenvalue weighted by Crippen LogP contribution is 2.11. The van der Waals surface area contributed by atoms with Crippen molar-refractivity contribution in [2.45, 2.75) is 13.1 Å². The van der Waals surface area contributed by atoms with E-state index in [1.54, 1.807) is 6.33 Å². The molecule has 0 spiro atoms. The van der Waals surface area contributed by atoms with Crippen LogP contribution in [0.1, 0.15) is 11.4 Å². The minimum Gasteiger partial charge on any atom is -0.303 e. The smallest absolute Gasteiger partial charge is 0.155 e. The van der Waals surface area contributed by atoms with E-state index in [4.69, 9.17) is 0 Å². The summed E-state index contributed by atoms with van der Waals surface area (Å²) in [4.78, 5) is 10.9. The number of pyridine rings is 2. The molecule has 0 N–H and O–H groups in total. The van der Waals surface area contributed by atoms with Gasteiger partial charge in [-0.15, -0.1) is 0 Å². The van der Waals surface area contributed by atoms with E-state index in [-0.39, 0.29) is 0 Å². The predicted octanol–water partition coefficient (Wildman–Crippen LogP) is 2.01. The standard InChI is InChI=1S/C16H16N6/c1-20(10-13-5-4-7-16-18-12-19-22(13)16)11-14-9-17-15-6-2-3-8-21(14)15/h2-9,12H,10-11H2,1H3. The van der Waals surface area contributed by atoms with Crippen LogP contribution in [-0.2, 0) is 13.1 Å². The van der Waals surface area contributed by atoms with Crippen molar-refractivity contribution in [3.8, 4) is 0 Å². The Morgan fingerprint density at radius 2 is 1.82 bits per heavy atom. The molecule has 0 unspecified atom stereocenters. The molecule has 0 saturated carbocycles. The Morgan fingerprint density at radius 3 is 2.77 bits per heavy atom. The van der Waals surface area contributed by atoms with Crippen molar-refractivity contribution >= 4 is 11.3 Å². The Kier molecular flexibility index (Phi) is 3.08. The van der Waals surface area contributed by atoms with E-state index >= 15 is 0 Å². The first-order chi connectivity index (χ1) is 10.8. The second-order valence-corrected chi connectivity index (χ2v) is 5.40. The van der Waals surface area contributed by atoms with E-state index in [0.29, 0.717) is 0 Å². The Labute approximate surface area is 127 Å². The van der Waals surface area contributed by atoms with Crippen molar-refractivity contribution < 1.29 is 0 Å². The Morgan fingerprint density at radius 1 is 0.955 bits per heavy atom. The van der Waals surface area contributed by atoms with Crippen LogP contribution in [0.15, 0.2) is 55.1 Å². The van der Waals surface area contributed by atoms with Crippen molar-refractivity contribution in [1.82, 2.24) is 28.9 Å². The van der Waals surface area contributed by atoms with Gasteiger partial charge < -0.3 is 4.40 Å². The van der Waals surface area contributed by atoms with Crippen LogP contribution in [0.25, 0.3) is 11.3 Å². The molecule has 0 radical (unpaired) electrons. The van der Waals surface area contributed by atoms with Crippen LogP contribution < -0.4 is 0 Å². The second kappa shape index (κ2) is 5.23. The van der Waals surface area contributed by atoms with Gasteiger partial charge in [0.05, 0.1) is 17.6 Å². The molecule has 4 heterocycles. The van der Waals surface area contributed by atoms with E-state index in [1.165, 1.54) is 5.69 Å². The Hall–Kier alpha value is -2.73. The van der Waals surface area contributed by atoms with Crippen molar-refractivity contribution in [3.63, 3.8) is 0 Å². The van der Waals surface area contributed by atoms with Crippen LogP contribution in [0, 0.1) is 0 Å². The summed E-state index contributed by atoms with van der Waals surface area (Å²) in [6.45, 7) is 1.61. The summed E-state index contributed by atoms with van der Waals surface area (Å²) < 4.78 is 4.00. The molecule has 0 atom stereocenters. The third-order valence-corrected chi connectivity index (χ3v) is 3.74. The summed E-state index contributed by atoms with van der Waals surface area (Å²) in [5, 5.41) is 4.28. The largest absolute Gasteiger partial charge is 0.303 e. The quantitative estimate of drug-likeness (QED) is 0.577. The molecule has 4 rings (SSSR count). The summed E-state index contributed by atoms with van der Waals surface area (Å²) >= 11 is 0. The molecule has 4 aromatic rings. The van der Waals surface area contributed by atoms with E-state index < -0.39 is 0 Å². The summed E-state index contributed by atoms with van der Waals surface area (Å²) in [5.41, 5.74) is 4.14. The van der Waals surface area contributed by atoms with Gasteiger partial charge in [-0.1, -0.05) is 12.1 Å². The molecule has 0 amide bonds. The molecule has 0 saturated heterocycles. The van der Waals surface area contributed by atoms with Crippen LogP contribution in [-0.4, -0.2) is 35.9 Å². The highest BCUT2D eigenvalue weighted by molar-refractivity contribution is 5.40. The first-order valence-corrected chi connectivity index (χ1v) is 7.18. The molecule has 110 valence electrons. The Bertz CT molecular complexity index is 922. The van der Waals surface area contributed by atoms with Gasteiger partial charge in [0.15, 0.2) is 5.65 Å². The predicted molar refractivity (Wildman–Crippen MR) is 83.4 cm³/mol. The highest BCUT2D eigenvalue weighted by atomic mass is 15.3. The van der Waals surface area contributed by atoms with Crippen LogP contribution >= 0.6 is 0 Å². The first kappa shape index (κ1) is 13.0. The number of rotatable bonds is 4. The van der Waals surface area contributed by atoms with Crippen molar-refractivity contribution in [2.75, 3.05) is 7.05 Å². The maximum Gasteiger partial charge on any atom is 0.155 e. The third kappa shape index (κ3) is 2.23. The van der Waals surface area contributed by atoms with Gasteiger partial charge in [0, 0.05) is 19.3 Å². The zero-order valence-corrected chi connectivity index (χ0v) is 12.3. The maximum atomic E-state index is 4.43. The van der Waals surface area contributed by atoms with Crippen LogP contribution in [0.5, 0.6) is 0 Å². The first-order valence-electron chi connectivity index (χ1n) is 7.18. The lowest BCUT2D eigenvalue weighted by Crippen LogP contribution is -2.20. The molecule has 0 aliphatic rings. The lowest BCUT2D eigenvalue weighted by molar-refractivity contribution is 0.307. The van der Waals surface area contributed by atoms with Crippen LogP contribution in [0.4, 0.5) is 0 Å². The Balaban J connectivity index is 1.57. The zero-order valence-electron chi connectivity index (χ0n) is 12.3. The van der Waals surface area contributed by atoms with Gasteiger partial charge >= 0.3 is 0 Å². The maximum absolute atomic E-state index is 4.43. The van der Waals surface area contributed by atoms with Gasteiger partial charge in [0.1, 0.15) is 12.0 Å². The fourth-order valence-electron chi connectivity index (χ4n) is 2.73.